The zero-order valence-electron chi connectivity index (χ0n) is 7.41. The molecule has 0 aliphatic carbocycles. The van der Waals surface area contributed by atoms with Gasteiger partial charge >= 0.3 is 11.9 Å². The van der Waals surface area contributed by atoms with Gasteiger partial charge in [-0.25, -0.2) is 0 Å². The highest BCUT2D eigenvalue weighted by Crippen LogP contribution is 1.81. The Bertz CT molecular complexity index is 183. The molecule has 1 unspecified atom stereocenters. The summed E-state index contributed by atoms with van der Waals surface area (Å²) >= 11 is 0. The normalized spacial score (nSPS) is 12.4. The Morgan fingerprint density at radius 3 is 2.38 bits per heavy atom. The molecule has 0 radical (unpaired) electrons. The molecule has 0 amide bonds. The van der Waals surface area contributed by atoms with Crippen molar-refractivity contribution in [2.75, 3.05) is 19.6 Å². The van der Waals surface area contributed by atoms with E-state index in [1.807, 2.05) is 0 Å². The lowest BCUT2D eigenvalue weighted by atomic mass is 10.3. The highest BCUT2D eigenvalue weighted by Gasteiger charge is 2.14. The van der Waals surface area contributed by atoms with Gasteiger partial charge in [-0.05, 0) is 6.54 Å². The first kappa shape index (κ1) is 11.9. The van der Waals surface area contributed by atoms with Gasteiger partial charge in [0.1, 0.15) is 6.04 Å². The van der Waals surface area contributed by atoms with Gasteiger partial charge in [-0.2, -0.15) is 0 Å². The van der Waals surface area contributed by atoms with Gasteiger partial charge in [-0.15, -0.1) is 0 Å². The molecule has 0 aliphatic rings. The van der Waals surface area contributed by atoms with Gasteiger partial charge in [0.05, 0.1) is 6.54 Å². The zero-order valence-corrected chi connectivity index (χ0v) is 7.41. The van der Waals surface area contributed by atoms with Crippen molar-refractivity contribution in [1.82, 2.24) is 10.6 Å². The number of aliphatic carboxylic acids is 2. The summed E-state index contributed by atoms with van der Waals surface area (Å²) in [5.41, 5.74) is 0. The Morgan fingerprint density at radius 1 is 1.38 bits per heavy atom. The molecule has 0 aromatic heterocycles. The van der Waals surface area contributed by atoms with Crippen molar-refractivity contribution in [1.29, 1.82) is 0 Å². The van der Waals surface area contributed by atoms with Gasteiger partial charge in [0.25, 0.3) is 0 Å². The molecule has 0 spiro atoms. The van der Waals surface area contributed by atoms with E-state index in [2.05, 4.69) is 10.6 Å². The predicted octanol–water partition coefficient (Wildman–Crippen LogP) is -1.28. The minimum absolute atomic E-state index is 0.107. The SMILES string of the molecule is CCNC(CNCC(=O)O)C(=O)O. The fraction of sp³-hybridized carbons (Fsp3) is 0.714. The molecule has 0 bridgehead atoms. The molecule has 6 heteroatoms. The fourth-order valence-electron chi connectivity index (χ4n) is 0.817. The first-order chi connectivity index (χ1) is 6.07. The standard InChI is InChI=1S/C7H14N2O4/c1-2-9-5(7(12)13)3-8-4-6(10)11/h5,8-9H,2-4H2,1H3,(H,10,11)(H,12,13). The maximum Gasteiger partial charge on any atom is 0.322 e. The second-order valence-corrected chi connectivity index (χ2v) is 2.47. The van der Waals surface area contributed by atoms with Crippen LogP contribution in [0.5, 0.6) is 0 Å². The summed E-state index contributed by atoms with van der Waals surface area (Å²) in [6, 6.07) is -0.732. The Hall–Kier alpha value is -1.14. The van der Waals surface area contributed by atoms with Crippen molar-refractivity contribution in [3.05, 3.63) is 0 Å². The number of rotatable bonds is 7. The Labute approximate surface area is 75.9 Å². The van der Waals surface area contributed by atoms with Crippen LogP contribution in [-0.2, 0) is 9.59 Å². The number of carboxylic acids is 2. The number of hydrogen-bond donors (Lipinski definition) is 4. The third kappa shape index (κ3) is 6.06. The molecule has 0 aromatic carbocycles. The molecule has 0 fully saturated rings. The molecule has 0 heterocycles. The van der Waals surface area contributed by atoms with Crippen LogP contribution in [0.2, 0.25) is 0 Å². The van der Waals surface area contributed by atoms with E-state index in [-0.39, 0.29) is 13.1 Å². The van der Waals surface area contributed by atoms with E-state index in [1.54, 1.807) is 6.92 Å². The first-order valence-electron chi connectivity index (χ1n) is 3.96. The molecule has 76 valence electrons. The van der Waals surface area contributed by atoms with Crippen LogP contribution in [0.4, 0.5) is 0 Å². The van der Waals surface area contributed by atoms with Crippen molar-refractivity contribution >= 4 is 11.9 Å². The number of nitrogens with one attached hydrogen (secondary N) is 2. The molecule has 4 N–H and O–H groups in total. The highest BCUT2D eigenvalue weighted by molar-refractivity contribution is 5.74. The molecular formula is C7H14N2O4. The average Bonchev–Trinajstić information content (AvgIpc) is 2.02. The summed E-state index contributed by atoms with van der Waals surface area (Å²) in [6.07, 6.45) is 0. The van der Waals surface area contributed by atoms with Gasteiger partial charge in [-0.3, -0.25) is 9.59 Å². The Kier molecular flexibility index (Phi) is 5.82. The maximum atomic E-state index is 10.5. The van der Waals surface area contributed by atoms with E-state index in [0.717, 1.165) is 0 Å². The summed E-state index contributed by atoms with van der Waals surface area (Å²) in [5.74, 6) is -1.99. The molecule has 0 aliphatic heterocycles. The van der Waals surface area contributed by atoms with Gasteiger partial charge in [0.15, 0.2) is 0 Å². The van der Waals surface area contributed by atoms with Crippen LogP contribution in [0.25, 0.3) is 0 Å². The third-order valence-electron chi connectivity index (χ3n) is 1.37. The van der Waals surface area contributed by atoms with Crippen LogP contribution in [0.1, 0.15) is 6.92 Å². The Balaban J connectivity index is 3.69. The van der Waals surface area contributed by atoms with E-state index in [0.29, 0.717) is 6.54 Å². The molecular weight excluding hydrogens is 176 g/mol. The van der Waals surface area contributed by atoms with Crippen LogP contribution in [0, 0.1) is 0 Å². The van der Waals surface area contributed by atoms with E-state index < -0.39 is 18.0 Å². The van der Waals surface area contributed by atoms with Crippen molar-refractivity contribution in [3.63, 3.8) is 0 Å². The van der Waals surface area contributed by atoms with E-state index >= 15 is 0 Å². The van der Waals surface area contributed by atoms with Crippen LogP contribution < -0.4 is 10.6 Å². The van der Waals surface area contributed by atoms with Gasteiger partial charge in [-0.1, -0.05) is 6.92 Å². The predicted molar refractivity (Wildman–Crippen MR) is 45.6 cm³/mol. The number of carboxylic acid groups (broad SMARTS) is 2. The van der Waals surface area contributed by atoms with Crippen LogP contribution in [0.3, 0.4) is 0 Å². The summed E-state index contributed by atoms with van der Waals surface area (Å²) in [7, 11) is 0. The van der Waals surface area contributed by atoms with Gasteiger partial charge in [0.2, 0.25) is 0 Å². The van der Waals surface area contributed by atoms with E-state index in [1.165, 1.54) is 0 Å². The second kappa shape index (κ2) is 6.38. The quantitative estimate of drug-likeness (QED) is 0.399. The summed E-state index contributed by atoms with van der Waals surface area (Å²) in [6.45, 7) is 2.20. The average molecular weight is 190 g/mol. The summed E-state index contributed by atoms with van der Waals surface area (Å²) < 4.78 is 0. The maximum absolute atomic E-state index is 10.5. The third-order valence-corrected chi connectivity index (χ3v) is 1.37. The molecule has 13 heavy (non-hydrogen) atoms. The zero-order chi connectivity index (χ0) is 10.3. The van der Waals surface area contributed by atoms with Crippen molar-refractivity contribution in [2.45, 2.75) is 13.0 Å². The minimum Gasteiger partial charge on any atom is -0.480 e. The van der Waals surface area contributed by atoms with Crippen molar-refractivity contribution < 1.29 is 19.8 Å². The molecule has 6 nitrogen and oxygen atoms in total. The van der Waals surface area contributed by atoms with Crippen molar-refractivity contribution in [3.8, 4) is 0 Å². The fourth-order valence-corrected chi connectivity index (χ4v) is 0.817. The second-order valence-electron chi connectivity index (χ2n) is 2.47. The summed E-state index contributed by atoms with van der Waals surface area (Å²) in [5, 5.41) is 22.1. The van der Waals surface area contributed by atoms with Gasteiger partial charge in [0, 0.05) is 6.54 Å². The molecule has 0 saturated heterocycles. The largest absolute Gasteiger partial charge is 0.480 e. The first-order valence-corrected chi connectivity index (χ1v) is 3.96. The number of carbonyl (C=O) groups is 2. The molecule has 0 aromatic rings. The molecule has 1 atom stereocenters. The monoisotopic (exact) mass is 190 g/mol. The highest BCUT2D eigenvalue weighted by atomic mass is 16.4. The number of hydrogen-bond acceptors (Lipinski definition) is 4. The van der Waals surface area contributed by atoms with Crippen LogP contribution in [0.15, 0.2) is 0 Å². The molecule has 0 saturated carbocycles. The topological polar surface area (TPSA) is 98.7 Å². The van der Waals surface area contributed by atoms with Crippen molar-refractivity contribution in [2.24, 2.45) is 0 Å². The van der Waals surface area contributed by atoms with Crippen LogP contribution in [-0.4, -0.2) is 47.8 Å². The minimum atomic E-state index is -0.999. The number of likely N-dealkylation sites (N-methyl/N-ethyl adjacent to an activating group) is 1. The lowest BCUT2D eigenvalue weighted by molar-refractivity contribution is -0.140. The molecule has 0 rings (SSSR count). The smallest absolute Gasteiger partial charge is 0.322 e. The van der Waals surface area contributed by atoms with Crippen LogP contribution >= 0.6 is 0 Å². The van der Waals surface area contributed by atoms with Gasteiger partial charge < -0.3 is 20.8 Å². The lowest BCUT2D eigenvalue weighted by Gasteiger charge is -2.12. The van der Waals surface area contributed by atoms with E-state index in [9.17, 15) is 9.59 Å². The lowest BCUT2D eigenvalue weighted by Crippen LogP contribution is -2.45. The van der Waals surface area contributed by atoms with E-state index in [4.69, 9.17) is 10.2 Å². The Morgan fingerprint density at radius 2 is 2.00 bits per heavy atom. The summed E-state index contributed by atoms with van der Waals surface area (Å²) in [4.78, 5) is 20.6.